The fourth-order valence-electron chi connectivity index (χ4n) is 3.95. The highest BCUT2D eigenvalue weighted by molar-refractivity contribution is 7.88. The lowest BCUT2D eigenvalue weighted by molar-refractivity contribution is -0.116. The molecule has 2 aromatic rings. The predicted molar refractivity (Wildman–Crippen MR) is 115 cm³/mol. The number of carbonyl (C=O) groups excluding carboxylic acids is 2. The summed E-state index contributed by atoms with van der Waals surface area (Å²) in [6.07, 6.45) is 1.00. The maximum atomic E-state index is 12.9. The Morgan fingerprint density at radius 3 is 2.20 bits per heavy atom. The standard InChI is InChI=1S/C21H22ClN3O4S/c22-17-8-6-16(7-9-17)15-30(28,29)23-12-10-18(11-13-23)24-14-20(26)25(21(24)27)19-4-2-1-3-5-19/h1-9,18H,10-15H2. The molecule has 2 heterocycles. The molecule has 0 radical (unpaired) electrons. The number of halogens is 1. The number of para-hydroxylation sites is 1. The SMILES string of the molecule is O=C1CN(C2CCN(S(=O)(=O)Cc3ccc(Cl)cc3)CC2)C(=O)N1c1ccccc1. The molecule has 0 unspecified atom stereocenters. The summed E-state index contributed by atoms with van der Waals surface area (Å²) < 4.78 is 27.0. The van der Waals surface area contributed by atoms with E-state index >= 15 is 0 Å². The van der Waals surface area contributed by atoms with E-state index in [4.69, 9.17) is 11.6 Å². The van der Waals surface area contributed by atoms with Gasteiger partial charge in [0.1, 0.15) is 6.54 Å². The number of carbonyl (C=O) groups is 2. The lowest BCUT2D eigenvalue weighted by atomic mass is 10.1. The Morgan fingerprint density at radius 1 is 0.933 bits per heavy atom. The molecule has 2 saturated heterocycles. The fourth-order valence-corrected chi connectivity index (χ4v) is 5.64. The summed E-state index contributed by atoms with van der Waals surface area (Å²) in [5.74, 6) is -0.346. The molecule has 0 saturated carbocycles. The Balaban J connectivity index is 1.39. The van der Waals surface area contributed by atoms with Crippen molar-refractivity contribution in [1.82, 2.24) is 9.21 Å². The summed E-state index contributed by atoms with van der Waals surface area (Å²) in [6.45, 7) is 0.670. The Labute approximate surface area is 180 Å². The van der Waals surface area contributed by atoms with Crippen LogP contribution in [-0.4, -0.2) is 55.2 Å². The van der Waals surface area contributed by atoms with Gasteiger partial charge < -0.3 is 4.90 Å². The maximum Gasteiger partial charge on any atom is 0.332 e. The average molecular weight is 448 g/mol. The van der Waals surface area contributed by atoms with Crippen LogP contribution in [-0.2, 0) is 20.6 Å². The zero-order valence-corrected chi connectivity index (χ0v) is 17.8. The van der Waals surface area contributed by atoms with Crippen molar-refractivity contribution in [2.24, 2.45) is 0 Å². The van der Waals surface area contributed by atoms with Gasteiger partial charge in [-0.1, -0.05) is 41.9 Å². The smallest absolute Gasteiger partial charge is 0.312 e. The largest absolute Gasteiger partial charge is 0.332 e. The van der Waals surface area contributed by atoms with Gasteiger partial charge in [-0.25, -0.2) is 22.4 Å². The molecular weight excluding hydrogens is 426 g/mol. The predicted octanol–water partition coefficient (Wildman–Crippen LogP) is 3.10. The van der Waals surface area contributed by atoms with E-state index in [2.05, 4.69) is 0 Å². The van der Waals surface area contributed by atoms with E-state index in [-0.39, 0.29) is 30.3 Å². The Hall–Kier alpha value is -2.42. The number of sulfonamides is 1. The molecule has 2 aliphatic heterocycles. The number of hydrogen-bond donors (Lipinski definition) is 0. The second kappa shape index (κ2) is 8.37. The van der Waals surface area contributed by atoms with Gasteiger partial charge in [0.05, 0.1) is 11.4 Å². The number of nitrogens with zero attached hydrogens (tertiary/aromatic N) is 3. The molecule has 2 aliphatic rings. The second-order valence-corrected chi connectivity index (χ2v) is 9.89. The number of hydrogen-bond acceptors (Lipinski definition) is 4. The minimum absolute atomic E-state index is 0.0237. The number of imide groups is 1. The first-order valence-electron chi connectivity index (χ1n) is 9.76. The molecular formula is C21H22ClN3O4S. The number of urea groups is 1. The summed E-state index contributed by atoms with van der Waals surface area (Å²) >= 11 is 5.86. The molecule has 0 bridgehead atoms. The van der Waals surface area contributed by atoms with Gasteiger partial charge in [-0.3, -0.25) is 4.79 Å². The van der Waals surface area contributed by atoms with Crippen LogP contribution in [0.5, 0.6) is 0 Å². The van der Waals surface area contributed by atoms with E-state index in [1.807, 2.05) is 6.07 Å². The monoisotopic (exact) mass is 447 g/mol. The molecule has 7 nitrogen and oxygen atoms in total. The van der Waals surface area contributed by atoms with E-state index < -0.39 is 10.0 Å². The Morgan fingerprint density at radius 2 is 1.57 bits per heavy atom. The van der Waals surface area contributed by atoms with E-state index in [9.17, 15) is 18.0 Å². The molecule has 158 valence electrons. The summed E-state index contributed by atoms with van der Waals surface area (Å²) in [5, 5.41) is 0.561. The molecule has 2 fully saturated rings. The van der Waals surface area contributed by atoms with Crippen molar-refractivity contribution in [2.45, 2.75) is 24.6 Å². The van der Waals surface area contributed by atoms with Gasteiger partial charge >= 0.3 is 6.03 Å². The Kier molecular flexibility index (Phi) is 5.81. The molecule has 0 atom stereocenters. The normalized spacial score (nSPS) is 19.0. The molecule has 30 heavy (non-hydrogen) atoms. The molecule has 4 rings (SSSR count). The minimum Gasteiger partial charge on any atom is -0.312 e. The highest BCUT2D eigenvalue weighted by Crippen LogP contribution is 2.27. The molecule has 3 amide bonds. The molecule has 0 N–H and O–H groups in total. The van der Waals surface area contributed by atoms with Crippen molar-refractivity contribution in [3.63, 3.8) is 0 Å². The van der Waals surface area contributed by atoms with Crippen LogP contribution in [0.25, 0.3) is 0 Å². The summed E-state index contributed by atoms with van der Waals surface area (Å²) in [6, 6.07) is 15.1. The van der Waals surface area contributed by atoms with Gasteiger partial charge in [-0.15, -0.1) is 0 Å². The zero-order valence-electron chi connectivity index (χ0n) is 16.3. The first-order chi connectivity index (χ1) is 14.3. The molecule has 0 aromatic heterocycles. The summed E-state index contributed by atoms with van der Waals surface area (Å²) in [5.41, 5.74) is 1.23. The van der Waals surface area contributed by atoms with Crippen molar-refractivity contribution in [1.29, 1.82) is 0 Å². The van der Waals surface area contributed by atoms with Crippen molar-refractivity contribution in [3.8, 4) is 0 Å². The first kappa shape index (κ1) is 20.8. The molecule has 0 aliphatic carbocycles. The Bertz CT molecular complexity index is 1040. The molecule has 0 spiro atoms. The molecule has 9 heteroatoms. The first-order valence-corrected chi connectivity index (χ1v) is 11.7. The second-order valence-electron chi connectivity index (χ2n) is 7.49. The van der Waals surface area contributed by atoms with Crippen LogP contribution >= 0.6 is 11.6 Å². The average Bonchev–Trinajstić information content (AvgIpc) is 3.04. The minimum atomic E-state index is -3.46. The van der Waals surface area contributed by atoms with Crippen molar-refractivity contribution in [2.75, 3.05) is 24.5 Å². The van der Waals surface area contributed by atoms with Gasteiger partial charge in [-0.2, -0.15) is 0 Å². The van der Waals surface area contributed by atoms with Gasteiger partial charge in [-0.05, 0) is 42.7 Å². The van der Waals surface area contributed by atoms with E-state index in [1.165, 1.54) is 9.21 Å². The van der Waals surface area contributed by atoms with Gasteiger partial charge in [0.2, 0.25) is 10.0 Å². The topological polar surface area (TPSA) is 78.0 Å². The lowest BCUT2D eigenvalue weighted by Crippen LogP contribution is -2.48. The maximum absolute atomic E-state index is 12.9. The summed E-state index contributed by atoms with van der Waals surface area (Å²) in [4.78, 5) is 28.1. The van der Waals surface area contributed by atoms with Gasteiger partial charge in [0.15, 0.2) is 0 Å². The molecule has 2 aromatic carbocycles. The van der Waals surface area contributed by atoms with Crippen LogP contribution < -0.4 is 4.90 Å². The van der Waals surface area contributed by atoms with Crippen LogP contribution in [0.2, 0.25) is 5.02 Å². The van der Waals surface area contributed by atoms with Crippen molar-refractivity contribution in [3.05, 3.63) is 65.2 Å². The van der Waals surface area contributed by atoms with Crippen LogP contribution in [0.3, 0.4) is 0 Å². The number of amides is 3. The third-order valence-corrected chi connectivity index (χ3v) is 7.63. The van der Waals surface area contributed by atoms with Crippen LogP contribution in [0, 0.1) is 0 Å². The van der Waals surface area contributed by atoms with Gasteiger partial charge in [0, 0.05) is 24.2 Å². The highest BCUT2D eigenvalue weighted by atomic mass is 35.5. The van der Waals surface area contributed by atoms with Crippen LogP contribution in [0.4, 0.5) is 10.5 Å². The van der Waals surface area contributed by atoms with Crippen molar-refractivity contribution < 1.29 is 18.0 Å². The van der Waals surface area contributed by atoms with E-state index in [0.717, 1.165) is 0 Å². The number of piperidine rings is 1. The number of anilines is 1. The van der Waals surface area contributed by atoms with Crippen LogP contribution in [0.1, 0.15) is 18.4 Å². The lowest BCUT2D eigenvalue weighted by Gasteiger charge is -2.35. The highest BCUT2D eigenvalue weighted by Gasteiger charge is 2.42. The van der Waals surface area contributed by atoms with Gasteiger partial charge in [0.25, 0.3) is 5.91 Å². The fraction of sp³-hybridized carbons (Fsp3) is 0.333. The zero-order chi connectivity index (χ0) is 21.3. The third-order valence-electron chi connectivity index (χ3n) is 5.53. The number of rotatable bonds is 5. The van der Waals surface area contributed by atoms with Crippen LogP contribution in [0.15, 0.2) is 54.6 Å². The quantitative estimate of drug-likeness (QED) is 0.660. The van der Waals surface area contributed by atoms with E-state index in [1.54, 1.807) is 53.4 Å². The third kappa shape index (κ3) is 4.21. The van der Waals surface area contributed by atoms with E-state index in [0.29, 0.717) is 42.2 Å². The number of benzene rings is 2. The summed E-state index contributed by atoms with van der Waals surface area (Å²) in [7, 11) is -3.46. The van der Waals surface area contributed by atoms with Crippen molar-refractivity contribution >= 4 is 39.2 Å².